The zero-order chi connectivity index (χ0) is 14.1. The third-order valence-corrected chi connectivity index (χ3v) is 3.44. The second kappa shape index (κ2) is 5.02. The maximum Gasteiger partial charge on any atom is 0.325 e. The van der Waals surface area contributed by atoms with Crippen molar-refractivity contribution in [1.82, 2.24) is 0 Å². The normalized spacial score (nSPS) is 12.4. The van der Waals surface area contributed by atoms with E-state index >= 15 is 0 Å². The molecule has 0 radical (unpaired) electrons. The molecule has 2 aromatic carbocycles. The molecule has 0 N–H and O–H groups in total. The lowest BCUT2D eigenvalue weighted by molar-refractivity contribution is 0.266. The Kier molecular flexibility index (Phi) is 3.20. The molecule has 3 nitrogen and oxygen atoms in total. The van der Waals surface area contributed by atoms with Gasteiger partial charge < -0.3 is 4.74 Å². The first kappa shape index (κ1) is 12.8. The van der Waals surface area contributed by atoms with E-state index in [9.17, 15) is 4.79 Å². The zero-order valence-corrected chi connectivity index (χ0v) is 11.6. The Balaban J connectivity index is 2.27. The van der Waals surface area contributed by atoms with E-state index in [2.05, 4.69) is 0 Å². The Hall–Kier alpha value is -2.26. The molecule has 0 aliphatic carbocycles. The van der Waals surface area contributed by atoms with E-state index in [1.54, 1.807) is 7.11 Å². The highest BCUT2D eigenvalue weighted by atomic mass is 35.5. The van der Waals surface area contributed by atoms with Crippen molar-refractivity contribution >= 4 is 40.5 Å². The average Bonchev–Trinajstić information content (AvgIpc) is 2.62. The van der Waals surface area contributed by atoms with Crippen molar-refractivity contribution in [2.24, 2.45) is 0 Å². The quantitative estimate of drug-likeness (QED) is 0.562. The van der Waals surface area contributed by atoms with Crippen molar-refractivity contribution in [1.29, 1.82) is 0 Å². The molecule has 2 aromatic rings. The molecule has 0 saturated heterocycles. The second-order valence-electron chi connectivity index (χ2n) is 4.41. The summed E-state index contributed by atoms with van der Waals surface area (Å²) in [7, 11) is 1.59. The van der Waals surface area contributed by atoms with Gasteiger partial charge in [-0.15, -0.1) is 0 Å². The van der Waals surface area contributed by atoms with Crippen LogP contribution >= 0.6 is 11.6 Å². The fourth-order valence-corrected chi connectivity index (χ4v) is 2.50. The van der Waals surface area contributed by atoms with Gasteiger partial charge in [0.25, 0.3) is 0 Å². The molecule has 1 aliphatic heterocycles. The Morgan fingerprint density at radius 1 is 1.05 bits per heavy atom. The minimum absolute atomic E-state index is 0.546. The van der Waals surface area contributed by atoms with Crippen LogP contribution in [-0.4, -0.2) is 12.5 Å². The summed E-state index contributed by atoms with van der Waals surface area (Å²) in [6.45, 7) is 0. The van der Waals surface area contributed by atoms with Gasteiger partial charge in [-0.2, -0.15) is 0 Å². The van der Waals surface area contributed by atoms with E-state index in [1.165, 1.54) is 4.90 Å². The summed E-state index contributed by atoms with van der Waals surface area (Å²) in [6.07, 6.45) is 3.94. The van der Waals surface area contributed by atoms with Gasteiger partial charge in [0.05, 0.1) is 18.5 Å². The number of ether oxygens (including phenoxy) is 1. The van der Waals surface area contributed by atoms with Crippen LogP contribution in [0.15, 0.2) is 42.5 Å². The lowest BCUT2D eigenvalue weighted by atomic mass is 10.1. The van der Waals surface area contributed by atoms with E-state index in [4.69, 9.17) is 16.3 Å². The third-order valence-electron chi connectivity index (χ3n) is 3.27. The number of para-hydroxylation sites is 1. The first-order chi connectivity index (χ1) is 9.70. The highest BCUT2D eigenvalue weighted by Gasteiger charge is 2.22. The molecule has 0 aromatic heterocycles. The highest BCUT2D eigenvalue weighted by molar-refractivity contribution is 6.67. The summed E-state index contributed by atoms with van der Waals surface area (Å²) in [5.41, 5.74) is 3.33. The van der Waals surface area contributed by atoms with Crippen LogP contribution in [0.5, 0.6) is 5.75 Å². The van der Waals surface area contributed by atoms with Crippen LogP contribution in [0.1, 0.15) is 11.1 Å². The van der Waals surface area contributed by atoms with E-state index in [1.807, 2.05) is 54.6 Å². The number of hydrogen-bond donors (Lipinski definition) is 0. The molecule has 4 heteroatoms. The molecule has 0 spiro atoms. The molecular weight excluding hydrogens is 274 g/mol. The van der Waals surface area contributed by atoms with Crippen LogP contribution in [0.3, 0.4) is 0 Å². The van der Waals surface area contributed by atoms with Crippen LogP contribution in [0.25, 0.3) is 12.2 Å². The van der Waals surface area contributed by atoms with Crippen LogP contribution in [-0.2, 0) is 0 Å². The Morgan fingerprint density at radius 2 is 1.75 bits per heavy atom. The number of benzene rings is 2. The molecular formula is C16H12ClNO2. The van der Waals surface area contributed by atoms with Gasteiger partial charge in [-0.25, -0.2) is 0 Å². The van der Waals surface area contributed by atoms with Crippen molar-refractivity contribution in [2.45, 2.75) is 0 Å². The Bertz CT molecular complexity index is 709. The largest absolute Gasteiger partial charge is 0.497 e. The minimum atomic E-state index is -0.546. The summed E-state index contributed by atoms with van der Waals surface area (Å²) < 4.78 is 5.23. The standard InChI is InChI=1S/C16H12ClNO2/c1-20-13-9-8-12-7-6-11-4-2-3-5-14(11)18(16(17)19)15(12)10-13/h2-10H,1H3. The predicted molar refractivity (Wildman–Crippen MR) is 81.8 cm³/mol. The van der Waals surface area contributed by atoms with Gasteiger partial charge >= 0.3 is 5.37 Å². The summed E-state index contributed by atoms with van der Waals surface area (Å²) >= 11 is 5.80. The van der Waals surface area contributed by atoms with Gasteiger partial charge in [0.2, 0.25) is 0 Å². The summed E-state index contributed by atoms with van der Waals surface area (Å²) in [6, 6.07) is 13.2. The van der Waals surface area contributed by atoms with Gasteiger partial charge in [0.1, 0.15) is 5.75 Å². The predicted octanol–water partition coefficient (Wildman–Crippen LogP) is 4.68. The molecule has 0 bridgehead atoms. The van der Waals surface area contributed by atoms with Gasteiger partial charge in [-0.05, 0) is 40.9 Å². The van der Waals surface area contributed by atoms with E-state index in [-0.39, 0.29) is 0 Å². The molecule has 0 unspecified atom stereocenters. The molecule has 100 valence electrons. The van der Waals surface area contributed by atoms with Crippen molar-refractivity contribution in [3.63, 3.8) is 0 Å². The van der Waals surface area contributed by atoms with Crippen molar-refractivity contribution in [2.75, 3.05) is 12.0 Å². The second-order valence-corrected chi connectivity index (χ2v) is 4.73. The van der Waals surface area contributed by atoms with Crippen molar-refractivity contribution in [3.8, 4) is 5.75 Å². The number of hydrogen-bond acceptors (Lipinski definition) is 2. The zero-order valence-electron chi connectivity index (χ0n) is 10.8. The van der Waals surface area contributed by atoms with Crippen molar-refractivity contribution in [3.05, 3.63) is 53.6 Å². The first-order valence-corrected chi connectivity index (χ1v) is 6.53. The molecule has 3 rings (SSSR count). The van der Waals surface area contributed by atoms with Gasteiger partial charge in [0.15, 0.2) is 0 Å². The monoisotopic (exact) mass is 285 g/mol. The number of carbonyl (C=O) groups is 1. The number of halogens is 1. The van der Waals surface area contributed by atoms with E-state index < -0.39 is 5.37 Å². The third kappa shape index (κ3) is 2.06. The summed E-state index contributed by atoms with van der Waals surface area (Å²) in [4.78, 5) is 13.4. The smallest absolute Gasteiger partial charge is 0.325 e. The number of nitrogens with zero attached hydrogens (tertiary/aromatic N) is 1. The number of rotatable bonds is 1. The van der Waals surface area contributed by atoms with E-state index in [0.29, 0.717) is 11.4 Å². The summed E-state index contributed by atoms with van der Waals surface area (Å²) in [5.74, 6) is 0.680. The lowest BCUT2D eigenvalue weighted by Gasteiger charge is -2.22. The number of fused-ring (bicyclic) bond motifs is 2. The van der Waals surface area contributed by atoms with Gasteiger partial charge in [-0.1, -0.05) is 30.4 Å². The Morgan fingerprint density at radius 3 is 2.45 bits per heavy atom. The van der Waals surface area contributed by atoms with Gasteiger partial charge in [0, 0.05) is 6.07 Å². The average molecular weight is 286 g/mol. The molecule has 20 heavy (non-hydrogen) atoms. The summed E-state index contributed by atoms with van der Waals surface area (Å²) in [5, 5.41) is -0.546. The van der Waals surface area contributed by atoms with Gasteiger partial charge in [-0.3, -0.25) is 9.69 Å². The number of carbonyl (C=O) groups excluding carboxylic acids is 1. The lowest BCUT2D eigenvalue weighted by Crippen LogP contribution is -2.20. The SMILES string of the molecule is COc1ccc2c(c1)N(C(=O)Cl)c1ccccc1C=C2. The molecule has 0 fully saturated rings. The van der Waals surface area contributed by atoms with Crippen LogP contribution in [0, 0.1) is 0 Å². The molecule has 0 saturated carbocycles. The highest BCUT2D eigenvalue weighted by Crippen LogP contribution is 2.38. The maximum absolute atomic E-state index is 11.9. The van der Waals surface area contributed by atoms with E-state index in [0.717, 1.165) is 16.8 Å². The minimum Gasteiger partial charge on any atom is -0.497 e. The number of methoxy groups -OCH3 is 1. The molecule has 1 heterocycles. The molecule has 1 aliphatic rings. The number of amides is 1. The van der Waals surface area contributed by atoms with Crippen LogP contribution in [0.2, 0.25) is 0 Å². The first-order valence-electron chi connectivity index (χ1n) is 6.15. The number of anilines is 2. The fourth-order valence-electron chi connectivity index (χ4n) is 2.32. The van der Waals surface area contributed by atoms with Crippen LogP contribution in [0.4, 0.5) is 16.2 Å². The van der Waals surface area contributed by atoms with Crippen LogP contribution < -0.4 is 9.64 Å². The molecule has 1 amide bonds. The maximum atomic E-state index is 11.9. The topological polar surface area (TPSA) is 29.5 Å². The molecule has 0 atom stereocenters. The Labute approximate surface area is 122 Å². The fraction of sp³-hybridized carbons (Fsp3) is 0.0625. The van der Waals surface area contributed by atoms with Crippen molar-refractivity contribution < 1.29 is 9.53 Å².